The van der Waals surface area contributed by atoms with E-state index in [-0.39, 0.29) is 6.67 Å². The first-order valence-corrected chi connectivity index (χ1v) is 3.99. The Bertz CT molecular complexity index is 148. The first-order chi connectivity index (χ1) is 5.34. The lowest BCUT2D eigenvalue weighted by Gasteiger charge is -2.22. The predicted molar refractivity (Wildman–Crippen MR) is 44.4 cm³/mol. The van der Waals surface area contributed by atoms with Crippen molar-refractivity contribution in [3.05, 3.63) is 11.1 Å². The highest BCUT2D eigenvalue weighted by Gasteiger charge is 2.09. The largest absolute Gasteiger partial charge is 0.310 e. The van der Waals surface area contributed by atoms with Crippen LogP contribution in [0.2, 0.25) is 0 Å². The molecule has 1 fully saturated rings. The number of hydrogen-bond donors (Lipinski definition) is 2. The van der Waals surface area contributed by atoms with Crippen LogP contribution in [0.1, 0.15) is 6.92 Å². The fourth-order valence-corrected chi connectivity index (χ4v) is 1.02. The maximum atomic E-state index is 11.6. The van der Waals surface area contributed by atoms with E-state index in [0.29, 0.717) is 6.54 Å². The summed E-state index contributed by atoms with van der Waals surface area (Å²) in [4.78, 5) is 0. The normalized spacial score (nSPS) is 16.4. The predicted octanol–water partition coefficient (Wildman–Crippen LogP) is 0.465. The standard InChI is InChI=1S/C8H15FN2/c1-7(4-10-3-2-9)8-5-11-6-8/h10-11H,2-6H2,1H3. The molecule has 0 aromatic heterocycles. The number of alkyl halides is 1. The average Bonchev–Trinajstić information content (AvgIpc) is 1.84. The van der Waals surface area contributed by atoms with Crippen molar-refractivity contribution in [2.24, 2.45) is 0 Å². The molecule has 0 unspecified atom stereocenters. The topological polar surface area (TPSA) is 24.1 Å². The van der Waals surface area contributed by atoms with Crippen molar-refractivity contribution in [1.29, 1.82) is 0 Å². The van der Waals surface area contributed by atoms with Gasteiger partial charge in [-0.3, -0.25) is 0 Å². The summed E-state index contributed by atoms with van der Waals surface area (Å²) in [6, 6.07) is 0. The van der Waals surface area contributed by atoms with Crippen LogP contribution < -0.4 is 10.6 Å². The van der Waals surface area contributed by atoms with E-state index in [1.54, 1.807) is 0 Å². The quantitative estimate of drug-likeness (QED) is 0.459. The van der Waals surface area contributed by atoms with E-state index in [4.69, 9.17) is 0 Å². The van der Waals surface area contributed by atoms with Gasteiger partial charge in [-0.1, -0.05) is 5.57 Å². The van der Waals surface area contributed by atoms with Gasteiger partial charge in [-0.2, -0.15) is 0 Å². The lowest BCUT2D eigenvalue weighted by molar-refractivity contribution is 0.473. The smallest absolute Gasteiger partial charge is 0.102 e. The van der Waals surface area contributed by atoms with Crippen LogP contribution in [0, 0.1) is 0 Å². The zero-order valence-corrected chi connectivity index (χ0v) is 6.91. The van der Waals surface area contributed by atoms with Crippen LogP contribution in [0.3, 0.4) is 0 Å². The molecule has 1 aliphatic heterocycles. The summed E-state index contributed by atoms with van der Waals surface area (Å²) < 4.78 is 11.6. The monoisotopic (exact) mass is 158 g/mol. The Labute approximate surface area is 66.9 Å². The van der Waals surface area contributed by atoms with Crippen molar-refractivity contribution in [3.63, 3.8) is 0 Å². The van der Waals surface area contributed by atoms with E-state index < -0.39 is 0 Å². The SMILES string of the molecule is CC(CNCCF)=C1CNC1. The van der Waals surface area contributed by atoms with E-state index in [2.05, 4.69) is 17.6 Å². The van der Waals surface area contributed by atoms with E-state index in [1.165, 1.54) is 11.1 Å². The molecule has 0 spiro atoms. The van der Waals surface area contributed by atoms with Crippen LogP contribution in [-0.4, -0.2) is 32.9 Å². The third-order valence-corrected chi connectivity index (χ3v) is 1.94. The van der Waals surface area contributed by atoms with Gasteiger partial charge in [-0.05, 0) is 12.5 Å². The lowest BCUT2D eigenvalue weighted by atomic mass is 10.1. The number of nitrogens with one attached hydrogen (secondary N) is 2. The zero-order valence-electron chi connectivity index (χ0n) is 6.91. The van der Waals surface area contributed by atoms with Gasteiger partial charge in [0, 0.05) is 26.2 Å². The van der Waals surface area contributed by atoms with Crippen molar-refractivity contribution in [3.8, 4) is 0 Å². The molecule has 1 rings (SSSR count). The lowest BCUT2D eigenvalue weighted by Crippen LogP contribution is -2.36. The Morgan fingerprint density at radius 1 is 1.64 bits per heavy atom. The average molecular weight is 158 g/mol. The highest BCUT2D eigenvalue weighted by molar-refractivity contribution is 5.22. The van der Waals surface area contributed by atoms with Crippen LogP contribution >= 0.6 is 0 Å². The molecule has 0 saturated carbocycles. The molecular weight excluding hydrogens is 143 g/mol. The van der Waals surface area contributed by atoms with Gasteiger partial charge in [0.05, 0.1) is 0 Å². The summed E-state index contributed by atoms with van der Waals surface area (Å²) in [7, 11) is 0. The third-order valence-electron chi connectivity index (χ3n) is 1.94. The van der Waals surface area contributed by atoms with Gasteiger partial charge in [-0.15, -0.1) is 0 Å². The van der Waals surface area contributed by atoms with Gasteiger partial charge < -0.3 is 10.6 Å². The van der Waals surface area contributed by atoms with Gasteiger partial charge in [0.1, 0.15) is 6.67 Å². The summed E-state index contributed by atoms with van der Waals surface area (Å²) in [5, 5.41) is 6.20. The molecule has 2 N–H and O–H groups in total. The molecule has 64 valence electrons. The van der Waals surface area contributed by atoms with E-state index in [1.807, 2.05) is 0 Å². The van der Waals surface area contributed by atoms with Gasteiger partial charge in [0.2, 0.25) is 0 Å². The molecule has 0 aromatic rings. The van der Waals surface area contributed by atoms with Crippen molar-refractivity contribution in [2.75, 3.05) is 32.9 Å². The summed E-state index contributed by atoms with van der Waals surface area (Å²) in [5.41, 5.74) is 2.83. The van der Waals surface area contributed by atoms with E-state index in [0.717, 1.165) is 19.6 Å². The molecule has 0 bridgehead atoms. The highest BCUT2D eigenvalue weighted by atomic mass is 19.1. The first kappa shape index (κ1) is 8.68. The minimum absolute atomic E-state index is 0.277. The van der Waals surface area contributed by atoms with Crippen LogP contribution in [0.15, 0.2) is 11.1 Å². The minimum Gasteiger partial charge on any atom is -0.310 e. The zero-order chi connectivity index (χ0) is 8.10. The molecular formula is C8H15FN2. The Morgan fingerprint density at radius 2 is 2.36 bits per heavy atom. The number of hydrogen-bond acceptors (Lipinski definition) is 2. The van der Waals surface area contributed by atoms with Gasteiger partial charge in [-0.25, -0.2) is 4.39 Å². The highest BCUT2D eigenvalue weighted by Crippen LogP contribution is 2.06. The Balaban J connectivity index is 2.14. The fourth-order valence-electron chi connectivity index (χ4n) is 1.02. The summed E-state index contributed by atoms with van der Waals surface area (Å²) in [6.45, 7) is 5.16. The second-order valence-corrected chi connectivity index (χ2v) is 2.85. The number of halogens is 1. The maximum Gasteiger partial charge on any atom is 0.102 e. The molecule has 0 radical (unpaired) electrons. The van der Waals surface area contributed by atoms with Crippen molar-refractivity contribution < 1.29 is 4.39 Å². The molecule has 0 aliphatic carbocycles. The Morgan fingerprint density at radius 3 is 2.82 bits per heavy atom. The maximum absolute atomic E-state index is 11.6. The van der Waals surface area contributed by atoms with Crippen LogP contribution in [-0.2, 0) is 0 Å². The second kappa shape index (κ2) is 4.46. The minimum atomic E-state index is -0.277. The van der Waals surface area contributed by atoms with Gasteiger partial charge in [0.15, 0.2) is 0 Å². The molecule has 1 heterocycles. The van der Waals surface area contributed by atoms with Gasteiger partial charge in [0.25, 0.3) is 0 Å². The molecule has 0 aromatic carbocycles. The summed E-state index contributed by atoms with van der Waals surface area (Å²) in [5.74, 6) is 0. The van der Waals surface area contributed by atoms with E-state index >= 15 is 0 Å². The van der Waals surface area contributed by atoms with Crippen LogP contribution in [0.4, 0.5) is 4.39 Å². The summed E-state index contributed by atoms with van der Waals surface area (Å²) in [6.07, 6.45) is 0. The third kappa shape index (κ3) is 2.60. The first-order valence-electron chi connectivity index (χ1n) is 3.99. The second-order valence-electron chi connectivity index (χ2n) is 2.85. The molecule has 1 saturated heterocycles. The Kier molecular flexibility index (Phi) is 3.52. The number of rotatable bonds is 4. The van der Waals surface area contributed by atoms with Crippen LogP contribution in [0.5, 0.6) is 0 Å². The van der Waals surface area contributed by atoms with Crippen molar-refractivity contribution in [1.82, 2.24) is 10.6 Å². The van der Waals surface area contributed by atoms with E-state index in [9.17, 15) is 4.39 Å². The molecule has 11 heavy (non-hydrogen) atoms. The Hall–Kier alpha value is -0.410. The summed E-state index contributed by atoms with van der Waals surface area (Å²) >= 11 is 0. The van der Waals surface area contributed by atoms with Gasteiger partial charge >= 0.3 is 0 Å². The molecule has 2 nitrogen and oxygen atoms in total. The van der Waals surface area contributed by atoms with Crippen molar-refractivity contribution in [2.45, 2.75) is 6.92 Å². The molecule has 0 amide bonds. The van der Waals surface area contributed by atoms with Crippen LogP contribution in [0.25, 0.3) is 0 Å². The fraction of sp³-hybridized carbons (Fsp3) is 0.750. The van der Waals surface area contributed by atoms with Crippen molar-refractivity contribution >= 4 is 0 Å². The molecule has 0 atom stereocenters. The molecule has 1 aliphatic rings. The molecule has 3 heteroatoms.